The number of carbonyl (C=O) groups excluding carboxylic acids is 1. The summed E-state index contributed by atoms with van der Waals surface area (Å²) >= 11 is 0. The lowest BCUT2D eigenvalue weighted by Gasteiger charge is -2.11. The van der Waals surface area contributed by atoms with E-state index in [-0.39, 0.29) is 12.4 Å². The fourth-order valence-electron chi connectivity index (χ4n) is 2.32. The highest BCUT2D eigenvalue weighted by atomic mass is 19.3. The number of benzene rings is 2. The third kappa shape index (κ3) is 6.08. The minimum Gasteiger partial charge on any atom is -0.484 e. The second-order valence-corrected chi connectivity index (χ2v) is 5.58. The quantitative estimate of drug-likeness (QED) is 0.596. The van der Waals surface area contributed by atoms with Crippen LogP contribution in [-0.2, 0) is 4.79 Å². The molecule has 2 aromatic carbocycles. The molecule has 0 spiro atoms. The predicted molar refractivity (Wildman–Crippen MR) is 94.9 cm³/mol. The maximum Gasteiger partial charge on any atom is 0.387 e. The molecule has 0 aliphatic heterocycles. The summed E-state index contributed by atoms with van der Waals surface area (Å²) in [6.45, 7) is 0.151. The number of rotatable bonds is 7. The Balaban J connectivity index is 1.88. The summed E-state index contributed by atoms with van der Waals surface area (Å²) in [5.74, 6) is 0.109. The minimum atomic E-state index is -2.89. The van der Waals surface area contributed by atoms with Crippen molar-refractivity contribution >= 4 is 12.1 Å². The molecule has 0 aliphatic carbocycles. The average Bonchev–Trinajstić information content (AvgIpc) is 2.63. The van der Waals surface area contributed by atoms with Gasteiger partial charge in [0, 0.05) is 0 Å². The van der Waals surface area contributed by atoms with E-state index in [1.807, 2.05) is 6.07 Å². The van der Waals surface area contributed by atoms with Crippen molar-refractivity contribution in [1.82, 2.24) is 5.43 Å². The highest BCUT2D eigenvalue weighted by Crippen LogP contribution is 2.25. The molecule has 0 aliphatic rings. The van der Waals surface area contributed by atoms with Crippen LogP contribution in [0.3, 0.4) is 0 Å². The molecule has 2 rings (SSSR count). The summed E-state index contributed by atoms with van der Waals surface area (Å²) in [5, 5.41) is 12.5. The Bertz CT molecular complexity index is 852. The van der Waals surface area contributed by atoms with Crippen LogP contribution in [0.25, 0.3) is 0 Å². The van der Waals surface area contributed by atoms with Gasteiger partial charge in [-0.25, -0.2) is 5.43 Å². The van der Waals surface area contributed by atoms with Gasteiger partial charge in [0.15, 0.2) is 6.61 Å². The van der Waals surface area contributed by atoms with E-state index in [0.717, 1.165) is 0 Å². The first kappa shape index (κ1) is 19.8. The van der Waals surface area contributed by atoms with Crippen LogP contribution in [0.1, 0.15) is 22.3 Å². The SMILES string of the molecule is Cc1cc(/C=N\NC(=O)COc2ccc(C#N)cc2)cc(C)c1OC(F)F. The first-order chi connectivity index (χ1) is 12.9. The predicted octanol–water partition coefficient (Wildman–Crippen LogP) is 3.31. The lowest BCUT2D eigenvalue weighted by molar-refractivity contribution is -0.123. The molecule has 2 aromatic rings. The normalized spacial score (nSPS) is 10.7. The number of hydrogen-bond acceptors (Lipinski definition) is 5. The number of nitriles is 1. The van der Waals surface area contributed by atoms with Crippen molar-refractivity contribution < 1.29 is 23.0 Å². The third-order valence-electron chi connectivity index (χ3n) is 3.45. The Morgan fingerprint density at radius 3 is 2.44 bits per heavy atom. The number of nitrogens with one attached hydrogen (secondary N) is 1. The highest BCUT2D eigenvalue weighted by Gasteiger charge is 2.11. The van der Waals surface area contributed by atoms with E-state index < -0.39 is 12.5 Å². The number of alkyl halides is 2. The smallest absolute Gasteiger partial charge is 0.387 e. The number of hydrogen-bond donors (Lipinski definition) is 1. The number of amides is 1. The van der Waals surface area contributed by atoms with Gasteiger partial charge in [-0.2, -0.15) is 19.1 Å². The second-order valence-electron chi connectivity index (χ2n) is 5.58. The Morgan fingerprint density at radius 1 is 1.26 bits per heavy atom. The van der Waals surface area contributed by atoms with Gasteiger partial charge in [-0.05, 0) is 66.9 Å². The highest BCUT2D eigenvalue weighted by molar-refractivity contribution is 5.83. The van der Waals surface area contributed by atoms with Gasteiger partial charge in [0.2, 0.25) is 0 Å². The maximum absolute atomic E-state index is 12.4. The summed E-state index contributed by atoms with van der Waals surface area (Å²) in [5.41, 5.74) is 4.50. The molecule has 0 unspecified atom stereocenters. The molecule has 140 valence electrons. The van der Waals surface area contributed by atoms with E-state index in [1.165, 1.54) is 6.21 Å². The van der Waals surface area contributed by atoms with Crippen molar-refractivity contribution in [1.29, 1.82) is 5.26 Å². The Hall–Kier alpha value is -3.47. The van der Waals surface area contributed by atoms with Crippen molar-refractivity contribution in [2.75, 3.05) is 6.61 Å². The van der Waals surface area contributed by atoms with Crippen molar-refractivity contribution in [3.05, 3.63) is 58.7 Å². The second kappa shape index (κ2) is 9.29. The topological polar surface area (TPSA) is 83.7 Å². The standard InChI is InChI=1S/C19H17F2N3O3/c1-12-7-15(8-13(2)18(12)27-19(20)21)10-23-24-17(25)11-26-16-5-3-14(9-22)4-6-16/h3-8,10,19H,11H2,1-2H3,(H,24,25)/b23-10-. The summed E-state index contributed by atoms with van der Waals surface area (Å²) in [7, 11) is 0. The molecular weight excluding hydrogens is 356 g/mol. The first-order valence-corrected chi connectivity index (χ1v) is 7.90. The number of nitrogens with zero attached hydrogens (tertiary/aromatic N) is 2. The van der Waals surface area contributed by atoms with Crippen LogP contribution < -0.4 is 14.9 Å². The molecule has 0 saturated carbocycles. The molecule has 6 nitrogen and oxygen atoms in total. The summed E-state index contributed by atoms with van der Waals surface area (Å²) in [4.78, 5) is 11.7. The number of ether oxygens (including phenoxy) is 2. The number of halogens is 2. The summed E-state index contributed by atoms with van der Waals surface area (Å²) in [6, 6.07) is 11.6. The fraction of sp³-hybridized carbons (Fsp3) is 0.211. The van der Waals surface area contributed by atoms with Gasteiger partial charge in [-0.15, -0.1) is 0 Å². The third-order valence-corrected chi connectivity index (χ3v) is 3.45. The van der Waals surface area contributed by atoms with E-state index in [4.69, 9.17) is 10.00 Å². The molecule has 0 heterocycles. The number of aryl methyl sites for hydroxylation is 2. The zero-order chi connectivity index (χ0) is 19.8. The first-order valence-electron chi connectivity index (χ1n) is 7.90. The van der Waals surface area contributed by atoms with Crippen LogP contribution in [0.2, 0.25) is 0 Å². The monoisotopic (exact) mass is 373 g/mol. The van der Waals surface area contributed by atoms with E-state index >= 15 is 0 Å². The molecule has 0 radical (unpaired) electrons. The van der Waals surface area contributed by atoms with E-state index in [2.05, 4.69) is 15.3 Å². The van der Waals surface area contributed by atoms with Crippen LogP contribution >= 0.6 is 0 Å². The lowest BCUT2D eigenvalue weighted by atomic mass is 10.1. The number of carbonyl (C=O) groups is 1. The van der Waals surface area contributed by atoms with E-state index in [0.29, 0.717) is 28.0 Å². The van der Waals surface area contributed by atoms with Crippen molar-refractivity contribution in [2.24, 2.45) is 5.10 Å². The van der Waals surface area contributed by atoms with Gasteiger partial charge in [0.25, 0.3) is 5.91 Å². The molecule has 27 heavy (non-hydrogen) atoms. The molecule has 0 fully saturated rings. The Labute approximate surface area is 155 Å². The Kier molecular flexibility index (Phi) is 6.83. The van der Waals surface area contributed by atoms with Gasteiger partial charge in [-0.1, -0.05) is 0 Å². The van der Waals surface area contributed by atoms with Crippen LogP contribution in [0, 0.1) is 25.2 Å². The molecule has 0 saturated heterocycles. The van der Waals surface area contributed by atoms with Crippen molar-refractivity contribution in [2.45, 2.75) is 20.5 Å². The average molecular weight is 373 g/mol. The molecule has 0 aromatic heterocycles. The van der Waals surface area contributed by atoms with E-state index in [9.17, 15) is 13.6 Å². The molecule has 0 bridgehead atoms. The van der Waals surface area contributed by atoms with Crippen LogP contribution in [-0.4, -0.2) is 25.3 Å². The van der Waals surface area contributed by atoms with Gasteiger partial charge in [-0.3, -0.25) is 4.79 Å². The maximum atomic E-state index is 12.4. The van der Waals surface area contributed by atoms with Crippen molar-refractivity contribution in [3.8, 4) is 17.6 Å². The molecular formula is C19H17F2N3O3. The molecule has 8 heteroatoms. The van der Waals surface area contributed by atoms with Crippen LogP contribution in [0.15, 0.2) is 41.5 Å². The minimum absolute atomic E-state index is 0.127. The zero-order valence-corrected chi connectivity index (χ0v) is 14.7. The van der Waals surface area contributed by atoms with E-state index in [1.54, 1.807) is 50.2 Å². The zero-order valence-electron chi connectivity index (χ0n) is 14.7. The fourth-order valence-corrected chi connectivity index (χ4v) is 2.32. The van der Waals surface area contributed by atoms with Gasteiger partial charge in [0.05, 0.1) is 17.8 Å². The Morgan fingerprint density at radius 2 is 1.89 bits per heavy atom. The van der Waals surface area contributed by atoms with Crippen LogP contribution in [0.4, 0.5) is 8.78 Å². The van der Waals surface area contributed by atoms with Gasteiger partial charge >= 0.3 is 6.61 Å². The van der Waals surface area contributed by atoms with Gasteiger partial charge < -0.3 is 9.47 Å². The van der Waals surface area contributed by atoms with Crippen molar-refractivity contribution in [3.63, 3.8) is 0 Å². The molecule has 1 amide bonds. The van der Waals surface area contributed by atoms with Crippen LogP contribution in [0.5, 0.6) is 11.5 Å². The lowest BCUT2D eigenvalue weighted by Crippen LogP contribution is -2.24. The largest absolute Gasteiger partial charge is 0.484 e. The van der Waals surface area contributed by atoms with Gasteiger partial charge in [0.1, 0.15) is 11.5 Å². The molecule has 1 N–H and O–H groups in total. The molecule has 0 atom stereocenters. The summed E-state index contributed by atoms with van der Waals surface area (Å²) in [6.07, 6.45) is 1.39. The number of hydrazone groups is 1. The summed E-state index contributed by atoms with van der Waals surface area (Å²) < 4.78 is 34.5.